The third-order valence-corrected chi connectivity index (χ3v) is 5.12. The van der Waals surface area contributed by atoms with E-state index in [1.807, 2.05) is 49.4 Å². The summed E-state index contributed by atoms with van der Waals surface area (Å²) in [6.45, 7) is 3.10. The standard InChI is InChI=1S/C19H20ClNO3S/c1-13(14-2-7-17-18(12-14)24-10-9-23-17)21-19(22)8-11-25-16-5-3-15(20)4-6-16/h2-7,12-13H,8-11H2,1H3,(H,21,22)/t13-/m1/s1. The van der Waals surface area contributed by atoms with Crippen LogP contribution in [0.4, 0.5) is 0 Å². The average molecular weight is 378 g/mol. The molecule has 25 heavy (non-hydrogen) atoms. The Hall–Kier alpha value is -1.85. The molecule has 1 amide bonds. The van der Waals surface area contributed by atoms with Crippen molar-refractivity contribution < 1.29 is 14.3 Å². The van der Waals surface area contributed by atoms with Crippen molar-refractivity contribution in [3.8, 4) is 11.5 Å². The molecule has 6 heteroatoms. The minimum absolute atomic E-state index is 0.0313. The summed E-state index contributed by atoms with van der Waals surface area (Å²) in [7, 11) is 0. The van der Waals surface area contributed by atoms with E-state index in [0.29, 0.717) is 19.6 Å². The summed E-state index contributed by atoms with van der Waals surface area (Å²) in [4.78, 5) is 13.3. The predicted octanol–water partition coefficient (Wildman–Crippen LogP) is 4.47. The Balaban J connectivity index is 1.48. The van der Waals surface area contributed by atoms with Gasteiger partial charge in [0.2, 0.25) is 5.91 Å². The van der Waals surface area contributed by atoms with Gasteiger partial charge in [-0.15, -0.1) is 11.8 Å². The second-order valence-corrected chi connectivity index (χ2v) is 7.35. The van der Waals surface area contributed by atoms with Crippen LogP contribution in [0, 0.1) is 0 Å². The summed E-state index contributed by atoms with van der Waals surface area (Å²) in [6, 6.07) is 13.3. The maximum Gasteiger partial charge on any atom is 0.221 e. The number of hydrogen-bond acceptors (Lipinski definition) is 4. The molecule has 0 radical (unpaired) electrons. The Morgan fingerprint density at radius 3 is 2.64 bits per heavy atom. The van der Waals surface area contributed by atoms with Gasteiger partial charge in [-0.3, -0.25) is 4.79 Å². The lowest BCUT2D eigenvalue weighted by Gasteiger charge is -2.21. The zero-order chi connectivity index (χ0) is 17.6. The molecule has 132 valence electrons. The quantitative estimate of drug-likeness (QED) is 0.754. The molecule has 2 aromatic rings. The summed E-state index contributed by atoms with van der Waals surface area (Å²) in [5.41, 5.74) is 1.00. The number of halogens is 1. The Morgan fingerprint density at radius 1 is 1.16 bits per heavy atom. The van der Waals surface area contributed by atoms with E-state index in [4.69, 9.17) is 21.1 Å². The predicted molar refractivity (Wildman–Crippen MR) is 101 cm³/mol. The summed E-state index contributed by atoms with van der Waals surface area (Å²) >= 11 is 7.51. The molecule has 1 aliphatic rings. The molecule has 0 unspecified atom stereocenters. The largest absolute Gasteiger partial charge is 0.486 e. The van der Waals surface area contributed by atoms with Crippen LogP contribution in [0.1, 0.15) is 24.9 Å². The zero-order valence-corrected chi connectivity index (χ0v) is 15.5. The van der Waals surface area contributed by atoms with E-state index in [2.05, 4.69) is 5.32 Å². The van der Waals surface area contributed by atoms with E-state index >= 15 is 0 Å². The highest BCUT2D eigenvalue weighted by Gasteiger charge is 2.15. The highest BCUT2D eigenvalue weighted by Crippen LogP contribution is 2.32. The van der Waals surface area contributed by atoms with Gasteiger partial charge in [0.05, 0.1) is 6.04 Å². The van der Waals surface area contributed by atoms with E-state index in [9.17, 15) is 4.79 Å². The van der Waals surface area contributed by atoms with Crippen LogP contribution in [0.3, 0.4) is 0 Å². The molecule has 3 rings (SSSR count). The van der Waals surface area contributed by atoms with Gasteiger partial charge >= 0.3 is 0 Å². The molecule has 0 saturated carbocycles. The highest BCUT2D eigenvalue weighted by atomic mass is 35.5. The van der Waals surface area contributed by atoms with Crippen molar-refractivity contribution in [2.24, 2.45) is 0 Å². The molecule has 0 bridgehead atoms. The molecule has 0 aromatic heterocycles. The van der Waals surface area contributed by atoms with Gasteiger partial charge in [0.15, 0.2) is 11.5 Å². The lowest BCUT2D eigenvalue weighted by atomic mass is 10.1. The third kappa shape index (κ3) is 5.06. The molecule has 1 N–H and O–H groups in total. The zero-order valence-electron chi connectivity index (χ0n) is 14.0. The Labute approximate surface area is 156 Å². The van der Waals surface area contributed by atoms with Crippen molar-refractivity contribution in [1.82, 2.24) is 5.32 Å². The second kappa shape index (κ2) is 8.50. The first kappa shape index (κ1) is 18.0. The van der Waals surface area contributed by atoms with Gasteiger partial charge in [-0.2, -0.15) is 0 Å². The smallest absolute Gasteiger partial charge is 0.221 e. The van der Waals surface area contributed by atoms with Crippen LogP contribution in [0.2, 0.25) is 5.02 Å². The third-order valence-electron chi connectivity index (χ3n) is 3.86. The fourth-order valence-electron chi connectivity index (χ4n) is 2.52. The Bertz CT molecular complexity index is 736. The van der Waals surface area contributed by atoms with Crippen LogP contribution in [0.5, 0.6) is 11.5 Å². The van der Waals surface area contributed by atoms with E-state index in [-0.39, 0.29) is 11.9 Å². The SMILES string of the molecule is C[C@@H](NC(=O)CCSc1ccc(Cl)cc1)c1ccc2c(c1)OCCO2. The maximum atomic E-state index is 12.2. The molecule has 1 heterocycles. The van der Waals surface area contributed by atoms with Crippen molar-refractivity contribution in [2.75, 3.05) is 19.0 Å². The Morgan fingerprint density at radius 2 is 1.88 bits per heavy atom. The molecule has 0 fully saturated rings. The lowest BCUT2D eigenvalue weighted by Crippen LogP contribution is -2.27. The molecular formula is C19H20ClNO3S. The number of hydrogen-bond donors (Lipinski definition) is 1. The van der Waals surface area contributed by atoms with Crippen molar-refractivity contribution in [3.05, 3.63) is 53.1 Å². The summed E-state index contributed by atoms with van der Waals surface area (Å²) in [5.74, 6) is 2.25. The normalized spacial score (nSPS) is 14.0. The monoisotopic (exact) mass is 377 g/mol. The van der Waals surface area contributed by atoms with Gasteiger partial charge in [0, 0.05) is 22.1 Å². The first-order valence-corrected chi connectivity index (χ1v) is 9.55. The number of thioether (sulfide) groups is 1. The van der Waals surface area contributed by atoms with Crippen molar-refractivity contribution in [2.45, 2.75) is 24.3 Å². The van der Waals surface area contributed by atoms with Gasteiger partial charge in [-0.25, -0.2) is 0 Å². The van der Waals surface area contributed by atoms with Crippen molar-refractivity contribution >= 4 is 29.3 Å². The van der Waals surface area contributed by atoms with Crippen molar-refractivity contribution in [1.29, 1.82) is 0 Å². The number of carbonyl (C=O) groups is 1. The molecule has 1 atom stereocenters. The first-order chi connectivity index (χ1) is 12.1. The second-order valence-electron chi connectivity index (χ2n) is 5.74. The van der Waals surface area contributed by atoms with Gasteiger partial charge in [-0.05, 0) is 48.9 Å². The Kier molecular flexibility index (Phi) is 6.10. The van der Waals surface area contributed by atoms with Gasteiger partial charge in [-0.1, -0.05) is 17.7 Å². The molecule has 2 aromatic carbocycles. The molecule has 0 spiro atoms. The summed E-state index contributed by atoms with van der Waals surface area (Å²) < 4.78 is 11.1. The van der Waals surface area contributed by atoms with E-state index < -0.39 is 0 Å². The molecule has 1 aliphatic heterocycles. The fraction of sp³-hybridized carbons (Fsp3) is 0.316. The van der Waals surface area contributed by atoms with Crippen LogP contribution < -0.4 is 14.8 Å². The van der Waals surface area contributed by atoms with E-state index in [1.54, 1.807) is 11.8 Å². The molecular weight excluding hydrogens is 358 g/mol. The van der Waals surface area contributed by atoms with Gasteiger partial charge < -0.3 is 14.8 Å². The molecule has 4 nitrogen and oxygen atoms in total. The summed E-state index contributed by atoms with van der Waals surface area (Å²) in [6.07, 6.45) is 0.461. The number of rotatable bonds is 6. The number of fused-ring (bicyclic) bond motifs is 1. The highest BCUT2D eigenvalue weighted by molar-refractivity contribution is 7.99. The summed E-state index contributed by atoms with van der Waals surface area (Å²) in [5, 5.41) is 3.75. The van der Waals surface area contributed by atoms with Crippen LogP contribution in [0.15, 0.2) is 47.4 Å². The fourth-order valence-corrected chi connectivity index (χ4v) is 3.50. The first-order valence-electron chi connectivity index (χ1n) is 8.19. The van der Waals surface area contributed by atoms with Crippen LogP contribution in [-0.2, 0) is 4.79 Å². The minimum atomic E-state index is -0.0798. The number of amides is 1. The number of carbonyl (C=O) groups excluding carboxylic acids is 1. The molecule has 0 saturated heterocycles. The van der Waals surface area contributed by atoms with E-state index in [1.165, 1.54) is 0 Å². The van der Waals surface area contributed by atoms with Gasteiger partial charge in [0.1, 0.15) is 13.2 Å². The van der Waals surface area contributed by atoms with Gasteiger partial charge in [0.25, 0.3) is 0 Å². The van der Waals surface area contributed by atoms with E-state index in [0.717, 1.165) is 32.7 Å². The van der Waals surface area contributed by atoms with Crippen molar-refractivity contribution in [3.63, 3.8) is 0 Å². The number of benzene rings is 2. The van der Waals surface area contributed by atoms with Crippen LogP contribution in [-0.4, -0.2) is 24.9 Å². The number of nitrogens with one attached hydrogen (secondary N) is 1. The van der Waals surface area contributed by atoms with Crippen LogP contribution >= 0.6 is 23.4 Å². The maximum absolute atomic E-state index is 12.2. The minimum Gasteiger partial charge on any atom is -0.486 e. The topological polar surface area (TPSA) is 47.6 Å². The lowest BCUT2D eigenvalue weighted by molar-refractivity contribution is -0.121. The number of ether oxygens (including phenoxy) is 2. The molecule has 0 aliphatic carbocycles. The average Bonchev–Trinajstić information content (AvgIpc) is 2.63. The van der Waals surface area contributed by atoms with Crippen LogP contribution in [0.25, 0.3) is 0 Å².